The molecule has 0 aliphatic carbocycles. The van der Waals surface area contributed by atoms with E-state index in [9.17, 15) is 4.79 Å². The van der Waals surface area contributed by atoms with E-state index in [-0.39, 0.29) is 29.9 Å². The van der Waals surface area contributed by atoms with E-state index in [0.717, 1.165) is 37.6 Å². The highest BCUT2D eigenvalue weighted by atomic mass is 127. The molecule has 0 saturated carbocycles. The van der Waals surface area contributed by atoms with Crippen molar-refractivity contribution in [2.75, 3.05) is 39.8 Å². The van der Waals surface area contributed by atoms with Crippen molar-refractivity contribution in [1.29, 1.82) is 0 Å². The monoisotopic (exact) mass is 527 g/mol. The molecule has 0 radical (unpaired) electrons. The number of aromatic nitrogens is 1. The van der Waals surface area contributed by atoms with Gasteiger partial charge >= 0.3 is 0 Å². The van der Waals surface area contributed by atoms with Gasteiger partial charge in [-0.3, -0.25) is 14.8 Å². The minimum Gasteiger partial charge on any atom is -0.356 e. The maximum absolute atomic E-state index is 12.6. The molecule has 1 N–H and O–H groups in total. The van der Waals surface area contributed by atoms with Crippen molar-refractivity contribution in [3.63, 3.8) is 0 Å². The molecule has 0 bridgehead atoms. The van der Waals surface area contributed by atoms with Gasteiger partial charge in [0.05, 0.1) is 6.42 Å². The molecule has 3 rings (SSSR count). The van der Waals surface area contributed by atoms with Crippen molar-refractivity contribution in [3.05, 3.63) is 64.9 Å². The lowest BCUT2D eigenvalue weighted by atomic mass is 10.1. The molecule has 2 heterocycles. The van der Waals surface area contributed by atoms with Crippen LogP contribution in [0.4, 0.5) is 0 Å². The summed E-state index contributed by atoms with van der Waals surface area (Å²) in [5.41, 5.74) is 2.15. The van der Waals surface area contributed by atoms with Crippen LogP contribution in [-0.4, -0.2) is 66.4 Å². The standard InChI is InChI=1S/C21H26ClN5O.HI/c1-23-21(25-9-7-17-5-3-8-24-16-17)27-12-10-26(11-13-27)20(28)15-18-4-2-6-19(22)14-18;/h2-6,8,14,16H,7,9-13,15H2,1H3,(H,23,25);1H. The molecule has 1 aliphatic heterocycles. The molecule has 1 fully saturated rings. The molecule has 0 atom stereocenters. The molecule has 1 aromatic carbocycles. The van der Waals surface area contributed by atoms with Crippen LogP contribution in [0.5, 0.6) is 0 Å². The Morgan fingerprint density at radius 1 is 1.14 bits per heavy atom. The van der Waals surface area contributed by atoms with Crippen molar-refractivity contribution >= 4 is 47.4 Å². The molecule has 1 amide bonds. The Hall–Kier alpha value is -1.87. The van der Waals surface area contributed by atoms with Crippen molar-refractivity contribution in [2.45, 2.75) is 12.8 Å². The Morgan fingerprint density at radius 2 is 1.86 bits per heavy atom. The Balaban J connectivity index is 0.00000300. The average Bonchev–Trinajstić information content (AvgIpc) is 2.72. The molecular formula is C21H27ClIN5O. The van der Waals surface area contributed by atoms with Crippen molar-refractivity contribution in [2.24, 2.45) is 4.99 Å². The quantitative estimate of drug-likeness (QED) is 0.369. The number of piperazine rings is 1. The van der Waals surface area contributed by atoms with Gasteiger partial charge in [0, 0.05) is 57.2 Å². The van der Waals surface area contributed by atoms with Crippen LogP contribution in [-0.2, 0) is 17.6 Å². The Labute approximate surface area is 194 Å². The summed E-state index contributed by atoms with van der Waals surface area (Å²) in [6, 6.07) is 11.5. The van der Waals surface area contributed by atoms with Gasteiger partial charge in [-0.15, -0.1) is 24.0 Å². The first-order chi connectivity index (χ1) is 13.7. The first kappa shape index (κ1) is 23.4. The molecule has 1 aliphatic rings. The summed E-state index contributed by atoms with van der Waals surface area (Å²) >= 11 is 6.01. The Bertz CT molecular complexity index is 810. The molecular weight excluding hydrogens is 501 g/mol. The highest BCUT2D eigenvalue weighted by Gasteiger charge is 2.23. The molecule has 0 spiro atoms. The lowest BCUT2D eigenvalue weighted by Crippen LogP contribution is -2.54. The van der Waals surface area contributed by atoms with Gasteiger partial charge in [-0.2, -0.15) is 0 Å². The van der Waals surface area contributed by atoms with E-state index in [4.69, 9.17) is 11.6 Å². The predicted molar refractivity (Wildman–Crippen MR) is 128 cm³/mol. The second-order valence-electron chi connectivity index (χ2n) is 6.76. The number of nitrogens with zero attached hydrogens (tertiary/aromatic N) is 4. The van der Waals surface area contributed by atoms with Crippen LogP contribution < -0.4 is 5.32 Å². The maximum Gasteiger partial charge on any atom is 0.227 e. The van der Waals surface area contributed by atoms with E-state index in [2.05, 4.69) is 26.3 Å². The second kappa shape index (κ2) is 12.0. The van der Waals surface area contributed by atoms with Crippen LogP contribution in [0.2, 0.25) is 5.02 Å². The highest BCUT2D eigenvalue weighted by Crippen LogP contribution is 2.13. The third kappa shape index (κ3) is 7.15. The minimum atomic E-state index is 0. The summed E-state index contributed by atoms with van der Waals surface area (Å²) in [7, 11) is 1.79. The SMILES string of the molecule is CN=C(NCCc1cccnc1)N1CCN(C(=O)Cc2cccc(Cl)c2)CC1.I. The summed E-state index contributed by atoms with van der Waals surface area (Å²) in [5.74, 6) is 1.02. The average molecular weight is 528 g/mol. The highest BCUT2D eigenvalue weighted by molar-refractivity contribution is 14.0. The van der Waals surface area contributed by atoms with Crippen molar-refractivity contribution < 1.29 is 4.79 Å². The first-order valence-corrected chi connectivity index (χ1v) is 9.90. The normalized spacial score (nSPS) is 14.3. The van der Waals surface area contributed by atoms with Crippen LogP contribution in [0.1, 0.15) is 11.1 Å². The number of halogens is 2. The fourth-order valence-corrected chi connectivity index (χ4v) is 3.51. The lowest BCUT2D eigenvalue weighted by molar-refractivity contribution is -0.131. The predicted octanol–water partition coefficient (Wildman–Crippen LogP) is 2.86. The summed E-state index contributed by atoms with van der Waals surface area (Å²) in [6.45, 7) is 3.74. The number of hydrogen-bond acceptors (Lipinski definition) is 3. The van der Waals surface area contributed by atoms with E-state index < -0.39 is 0 Å². The molecule has 29 heavy (non-hydrogen) atoms. The molecule has 2 aromatic rings. The number of rotatable bonds is 5. The smallest absolute Gasteiger partial charge is 0.227 e. The van der Waals surface area contributed by atoms with Gasteiger partial charge in [0.2, 0.25) is 5.91 Å². The lowest BCUT2D eigenvalue weighted by Gasteiger charge is -2.36. The van der Waals surface area contributed by atoms with E-state index in [1.54, 1.807) is 13.2 Å². The van der Waals surface area contributed by atoms with E-state index in [1.807, 2.05) is 41.4 Å². The number of amides is 1. The van der Waals surface area contributed by atoms with Crippen molar-refractivity contribution in [1.82, 2.24) is 20.1 Å². The fourth-order valence-electron chi connectivity index (χ4n) is 3.30. The molecule has 0 unspecified atom stereocenters. The van der Waals surface area contributed by atoms with Crippen LogP contribution in [0.25, 0.3) is 0 Å². The number of guanidine groups is 1. The first-order valence-electron chi connectivity index (χ1n) is 9.52. The number of benzene rings is 1. The summed E-state index contributed by atoms with van der Waals surface area (Å²) in [4.78, 5) is 25.2. The van der Waals surface area contributed by atoms with Crippen LogP contribution in [0.3, 0.4) is 0 Å². The number of pyridine rings is 1. The van der Waals surface area contributed by atoms with Gasteiger partial charge in [-0.1, -0.05) is 29.8 Å². The Kier molecular flexibility index (Phi) is 9.66. The summed E-state index contributed by atoms with van der Waals surface area (Å²) in [5, 5.41) is 4.07. The third-order valence-electron chi connectivity index (χ3n) is 4.81. The molecule has 8 heteroatoms. The summed E-state index contributed by atoms with van der Waals surface area (Å²) < 4.78 is 0. The number of hydrogen-bond donors (Lipinski definition) is 1. The van der Waals surface area contributed by atoms with Gasteiger partial charge in [0.15, 0.2) is 5.96 Å². The van der Waals surface area contributed by atoms with Crippen molar-refractivity contribution in [3.8, 4) is 0 Å². The van der Waals surface area contributed by atoms with Gasteiger partial charge in [-0.05, 0) is 35.7 Å². The largest absolute Gasteiger partial charge is 0.356 e. The molecule has 1 saturated heterocycles. The third-order valence-corrected chi connectivity index (χ3v) is 5.04. The minimum absolute atomic E-state index is 0. The number of carbonyl (C=O) groups excluding carboxylic acids is 1. The van der Waals surface area contributed by atoms with Crippen LogP contribution in [0.15, 0.2) is 53.8 Å². The number of carbonyl (C=O) groups is 1. The van der Waals surface area contributed by atoms with E-state index in [0.29, 0.717) is 24.5 Å². The van der Waals surface area contributed by atoms with E-state index in [1.165, 1.54) is 5.56 Å². The second-order valence-corrected chi connectivity index (χ2v) is 7.20. The van der Waals surface area contributed by atoms with Gasteiger partial charge < -0.3 is 15.1 Å². The Morgan fingerprint density at radius 3 is 2.52 bits per heavy atom. The molecule has 156 valence electrons. The molecule has 1 aromatic heterocycles. The number of aliphatic imine (C=N–C) groups is 1. The van der Waals surface area contributed by atoms with Crippen LogP contribution >= 0.6 is 35.6 Å². The zero-order valence-electron chi connectivity index (χ0n) is 16.6. The van der Waals surface area contributed by atoms with Gasteiger partial charge in [-0.25, -0.2) is 0 Å². The maximum atomic E-state index is 12.6. The molecule has 6 nitrogen and oxygen atoms in total. The topological polar surface area (TPSA) is 60.8 Å². The van der Waals surface area contributed by atoms with Gasteiger partial charge in [0.1, 0.15) is 0 Å². The fraction of sp³-hybridized carbons (Fsp3) is 0.381. The zero-order valence-corrected chi connectivity index (χ0v) is 19.6. The number of nitrogens with one attached hydrogen (secondary N) is 1. The van der Waals surface area contributed by atoms with Gasteiger partial charge in [0.25, 0.3) is 0 Å². The summed E-state index contributed by atoms with van der Waals surface area (Å²) in [6.07, 6.45) is 4.95. The zero-order chi connectivity index (χ0) is 19.8. The van der Waals surface area contributed by atoms with Crippen LogP contribution in [0, 0.1) is 0 Å². The van der Waals surface area contributed by atoms with E-state index >= 15 is 0 Å².